The number of rotatable bonds is 0. The summed E-state index contributed by atoms with van der Waals surface area (Å²) in [5.74, 6) is 0. The van der Waals surface area contributed by atoms with Crippen molar-refractivity contribution in [2.24, 2.45) is 0 Å². The Morgan fingerprint density at radius 1 is 0.737 bits per heavy atom. The first-order chi connectivity index (χ1) is 8.95. The Kier molecular flexibility index (Phi) is 3.06. The molecular weight excluding hydrogens is 410 g/mol. The molecular formula is C17H10IrN-. The van der Waals surface area contributed by atoms with Crippen LogP contribution in [-0.2, 0) is 20.1 Å². The fourth-order valence-electron chi connectivity index (χ4n) is 2.63. The minimum Gasteiger partial charge on any atom is -0.304 e. The van der Waals surface area contributed by atoms with Gasteiger partial charge < -0.3 is 4.98 Å². The van der Waals surface area contributed by atoms with E-state index < -0.39 is 0 Å². The van der Waals surface area contributed by atoms with Gasteiger partial charge in [-0.3, -0.25) is 0 Å². The van der Waals surface area contributed by atoms with Crippen molar-refractivity contribution in [1.29, 1.82) is 0 Å². The van der Waals surface area contributed by atoms with Gasteiger partial charge in [-0.05, 0) is 22.4 Å². The molecule has 4 rings (SSSR count). The van der Waals surface area contributed by atoms with E-state index in [1.165, 1.54) is 21.5 Å². The number of benzene rings is 3. The molecule has 4 aromatic rings. The van der Waals surface area contributed by atoms with Crippen LogP contribution in [0.2, 0.25) is 0 Å². The third kappa shape index (κ3) is 1.76. The van der Waals surface area contributed by atoms with E-state index in [4.69, 9.17) is 0 Å². The molecule has 3 aromatic carbocycles. The van der Waals surface area contributed by atoms with Gasteiger partial charge >= 0.3 is 0 Å². The minimum atomic E-state index is 0. The van der Waals surface area contributed by atoms with E-state index in [2.05, 4.69) is 47.4 Å². The molecule has 2 heteroatoms. The number of pyridine rings is 1. The largest absolute Gasteiger partial charge is 0.304 e. The maximum absolute atomic E-state index is 4.53. The topological polar surface area (TPSA) is 12.9 Å². The van der Waals surface area contributed by atoms with Gasteiger partial charge in [0, 0.05) is 26.3 Å². The molecule has 0 amide bonds. The summed E-state index contributed by atoms with van der Waals surface area (Å²) in [4.78, 5) is 4.53. The van der Waals surface area contributed by atoms with E-state index in [-0.39, 0.29) is 20.1 Å². The molecule has 0 aliphatic rings. The average molecular weight is 420 g/mol. The van der Waals surface area contributed by atoms with Crippen LogP contribution in [0.3, 0.4) is 0 Å². The smallest absolute Gasteiger partial charge is 0.0161 e. The van der Waals surface area contributed by atoms with Crippen LogP contribution in [0.15, 0.2) is 60.8 Å². The summed E-state index contributed by atoms with van der Waals surface area (Å²) >= 11 is 0. The molecule has 1 radical (unpaired) electrons. The zero-order valence-corrected chi connectivity index (χ0v) is 12.4. The van der Waals surface area contributed by atoms with Crippen LogP contribution < -0.4 is 0 Å². The van der Waals surface area contributed by atoms with Crippen LogP contribution in [0, 0.1) is 6.07 Å². The molecule has 19 heavy (non-hydrogen) atoms. The predicted octanol–water partition coefficient (Wildman–Crippen LogP) is 4.34. The van der Waals surface area contributed by atoms with Crippen molar-refractivity contribution in [2.45, 2.75) is 0 Å². The maximum atomic E-state index is 4.53. The summed E-state index contributed by atoms with van der Waals surface area (Å²) in [6.07, 6.45) is 1.84. The second-order valence-electron chi connectivity index (χ2n) is 4.40. The second kappa shape index (κ2) is 4.73. The van der Waals surface area contributed by atoms with Gasteiger partial charge in [-0.2, -0.15) is 0 Å². The van der Waals surface area contributed by atoms with Gasteiger partial charge in [-0.25, -0.2) is 0 Å². The van der Waals surface area contributed by atoms with Crippen molar-refractivity contribution in [3.8, 4) is 0 Å². The van der Waals surface area contributed by atoms with E-state index in [1.807, 2.05) is 24.4 Å². The zero-order valence-electron chi connectivity index (χ0n) is 10.1. The van der Waals surface area contributed by atoms with Crippen molar-refractivity contribution in [1.82, 2.24) is 4.98 Å². The predicted molar refractivity (Wildman–Crippen MR) is 75.6 cm³/mol. The number of aromatic nitrogens is 1. The van der Waals surface area contributed by atoms with Gasteiger partial charge in [-0.1, -0.05) is 41.1 Å². The van der Waals surface area contributed by atoms with E-state index in [0.29, 0.717) is 0 Å². The Labute approximate surface area is 124 Å². The van der Waals surface area contributed by atoms with Crippen molar-refractivity contribution >= 4 is 32.4 Å². The van der Waals surface area contributed by atoms with Crippen LogP contribution in [0.1, 0.15) is 0 Å². The summed E-state index contributed by atoms with van der Waals surface area (Å²) in [6, 6.07) is 22.0. The Morgan fingerprint density at radius 3 is 2.26 bits per heavy atom. The van der Waals surface area contributed by atoms with Gasteiger partial charge in [0.25, 0.3) is 0 Å². The van der Waals surface area contributed by atoms with E-state index in [1.54, 1.807) is 0 Å². The third-order valence-corrected chi connectivity index (χ3v) is 3.41. The first-order valence-electron chi connectivity index (χ1n) is 6.01. The Morgan fingerprint density at radius 2 is 1.42 bits per heavy atom. The average Bonchev–Trinajstić information content (AvgIpc) is 2.48. The zero-order chi connectivity index (χ0) is 11.9. The van der Waals surface area contributed by atoms with Crippen molar-refractivity contribution in [3.05, 3.63) is 66.9 Å². The van der Waals surface area contributed by atoms with Crippen molar-refractivity contribution < 1.29 is 20.1 Å². The molecule has 1 aromatic heterocycles. The van der Waals surface area contributed by atoms with Gasteiger partial charge in [0.1, 0.15) is 0 Å². The third-order valence-electron chi connectivity index (χ3n) is 3.41. The molecule has 0 spiro atoms. The van der Waals surface area contributed by atoms with E-state index >= 15 is 0 Å². The number of nitrogens with zero attached hydrogens (tertiary/aromatic N) is 1. The van der Waals surface area contributed by atoms with Crippen LogP contribution in [0.5, 0.6) is 0 Å². The van der Waals surface area contributed by atoms with Crippen LogP contribution in [-0.4, -0.2) is 4.98 Å². The standard InChI is InChI=1S/C17H10N.Ir/c1-2-7-14-12(6-1)13-8-3-4-9-15(13)17-16(14)10-5-11-18-17;/h1-8,10-11H;/q-1;. The fraction of sp³-hybridized carbons (Fsp3) is 0. The Balaban J connectivity index is 0.00000110. The summed E-state index contributed by atoms with van der Waals surface area (Å²) < 4.78 is 0. The maximum Gasteiger partial charge on any atom is 0.0161 e. The Bertz CT molecular complexity index is 663. The van der Waals surface area contributed by atoms with Gasteiger partial charge in [-0.15, -0.1) is 29.7 Å². The molecule has 93 valence electrons. The molecule has 0 N–H and O–H groups in total. The SMILES string of the molecule is [Ir].[c-]1cccc2c1c1ncccc1c1ccccc21. The van der Waals surface area contributed by atoms with Gasteiger partial charge in [0.2, 0.25) is 0 Å². The molecule has 0 aliphatic carbocycles. The molecule has 0 unspecified atom stereocenters. The summed E-state index contributed by atoms with van der Waals surface area (Å²) in [7, 11) is 0. The second-order valence-corrected chi connectivity index (χ2v) is 4.40. The molecule has 0 saturated heterocycles. The van der Waals surface area contributed by atoms with Crippen LogP contribution in [0.25, 0.3) is 32.4 Å². The van der Waals surface area contributed by atoms with E-state index in [0.717, 1.165) is 10.9 Å². The Hall–Kier alpha value is -1.76. The molecule has 0 saturated carbocycles. The van der Waals surface area contributed by atoms with Crippen LogP contribution >= 0.6 is 0 Å². The van der Waals surface area contributed by atoms with Gasteiger partial charge in [0.05, 0.1) is 0 Å². The quantitative estimate of drug-likeness (QED) is 0.305. The van der Waals surface area contributed by atoms with Gasteiger partial charge in [0.15, 0.2) is 0 Å². The summed E-state index contributed by atoms with van der Waals surface area (Å²) in [6.45, 7) is 0. The van der Waals surface area contributed by atoms with Crippen molar-refractivity contribution in [3.63, 3.8) is 0 Å². The number of hydrogen-bond acceptors (Lipinski definition) is 1. The molecule has 1 nitrogen and oxygen atoms in total. The molecule has 0 bridgehead atoms. The van der Waals surface area contributed by atoms with Crippen LogP contribution in [0.4, 0.5) is 0 Å². The summed E-state index contributed by atoms with van der Waals surface area (Å²) in [5.41, 5.74) is 1.03. The normalized spacial score (nSPS) is 10.7. The molecule has 1 heterocycles. The van der Waals surface area contributed by atoms with Crippen molar-refractivity contribution in [2.75, 3.05) is 0 Å². The number of fused-ring (bicyclic) bond motifs is 6. The van der Waals surface area contributed by atoms with E-state index in [9.17, 15) is 0 Å². The first kappa shape index (κ1) is 12.3. The molecule has 0 fully saturated rings. The monoisotopic (exact) mass is 421 g/mol. The fourth-order valence-corrected chi connectivity index (χ4v) is 2.63. The first-order valence-corrected chi connectivity index (χ1v) is 6.01. The summed E-state index contributed by atoms with van der Waals surface area (Å²) in [5, 5.41) is 6.05. The molecule has 0 atom stereocenters. The molecule has 0 aliphatic heterocycles. The number of hydrogen-bond donors (Lipinski definition) is 0. The minimum absolute atomic E-state index is 0.